The molecule has 0 aliphatic carbocycles. The predicted octanol–water partition coefficient (Wildman–Crippen LogP) is 4.51. The van der Waals surface area contributed by atoms with Gasteiger partial charge in [-0.1, -0.05) is 72.5 Å². The van der Waals surface area contributed by atoms with Crippen LogP contribution in [0.4, 0.5) is 0 Å². The van der Waals surface area contributed by atoms with Gasteiger partial charge < -0.3 is 9.64 Å². The number of rotatable bonds is 7. The van der Waals surface area contributed by atoms with E-state index in [0.29, 0.717) is 19.3 Å². The summed E-state index contributed by atoms with van der Waals surface area (Å²) in [5.41, 5.74) is 2.50. The molecule has 2 atom stereocenters. The van der Waals surface area contributed by atoms with Gasteiger partial charge in [-0.25, -0.2) is 0 Å². The monoisotopic (exact) mass is 388 g/mol. The lowest BCUT2D eigenvalue weighted by Gasteiger charge is -2.32. The molecule has 29 heavy (non-hydrogen) atoms. The van der Waals surface area contributed by atoms with Crippen LogP contribution < -0.4 is 0 Å². The average molecular weight is 389 g/mol. The zero-order valence-electron chi connectivity index (χ0n) is 17.3. The minimum atomic E-state index is 0.159. The second-order valence-corrected chi connectivity index (χ2v) is 8.15. The van der Waals surface area contributed by atoms with Gasteiger partial charge >= 0.3 is 0 Å². The maximum absolute atomic E-state index is 5.80. The van der Waals surface area contributed by atoms with Crippen molar-refractivity contribution in [2.45, 2.75) is 44.4 Å². The highest BCUT2D eigenvalue weighted by molar-refractivity contribution is 5.28. The highest BCUT2D eigenvalue weighted by atomic mass is 16.5. The molecule has 2 aromatic carbocycles. The molecule has 0 unspecified atom stereocenters. The van der Waals surface area contributed by atoms with Crippen molar-refractivity contribution in [2.24, 2.45) is 0 Å². The fourth-order valence-corrected chi connectivity index (χ4v) is 4.58. The van der Waals surface area contributed by atoms with E-state index in [9.17, 15) is 0 Å². The highest BCUT2D eigenvalue weighted by Crippen LogP contribution is 2.30. The lowest BCUT2D eigenvalue weighted by Crippen LogP contribution is -2.41. The molecule has 0 amide bonds. The summed E-state index contributed by atoms with van der Waals surface area (Å²) < 4.78 is 5.80. The summed E-state index contributed by atoms with van der Waals surface area (Å²) in [6, 6.07) is 21.8. The Balaban J connectivity index is 1.41. The summed E-state index contributed by atoms with van der Waals surface area (Å²) in [5.74, 6) is 6.87. The van der Waals surface area contributed by atoms with E-state index in [0.717, 1.165) is 6.54 Å². The van der Waals surface area contributed by atoms with E-state index in [1.54, 1.807) is 0 Å². The van der Waals surface area contributed by atoms with E-state index in [1.165, 1.54) is 56.4 Å². The van der Waals surface area contributed by atoms with E-state index in [4.69, 9.17) is 4.74 Å². The molecule has 2 aliphatic rings. The van der Waals surface area contributed by atoms with Crippen LogP contribution in [-0.4, -0.2) is 48.6 Å². The van der Waals surface area contributed by atoms with Crippen LogP contribution in [0.5, 0.6) is 0 Å². The molecular formula is C26H32N2O. The normalized spacial score (nSPS) is 21.0. The van der Waals surface area contributed by atoms with Crippen molar-refractivity contribution in [1.29, 1.82) is 0 Å². The van der Waals surface area contributed by atoms with Gasteiger partial charge in [0.25, 0.3) is 0 Å². The van der Waals surface area contributed by atoms with Crippen LogP contribution in [-0.2, 0) is 11.3 Å². The predicted molar refractivity (Wildman–Crippen MR) is 118 cm³/mol. The minimum absolute atomic E-state index is 0.159. The molecule has 2 heterocycles. The Morgan fingerprint density at radius 2 is 1.62 bits per heavy atom. The van der Waals surface area contributed by atoms with Gasteiger partial charge in [-0.3, -0.25) is 4.90 Å². The van der Waals surface area contributed by atoms with E-state index in [1.807, 2.05) is 18.2 Å². The zero-order chi connectivity index (χ0) is 19.7. The minimum Gasteiger partial charge on any atom is -0.364 e. The maximum atomic E-state index is 5.80. The molecule has 3 heteroatoms. The molecule has 152 valence electrons. The number of likely N-dealkylation sites (tertiary alicyclic amines) is 2. The number of hydrogen-bond acceptors (Lipinski definition) is 3. The van der Waals surface area contributed by atoms with E-state index < -0.39 is 0 Å². The molecule has 4 rings (SSSR count). The van der Waals surface area contributed by atoms with E-state index in [-0.39, 0.29) is 6.04 Å². The molecule has 2 aliphatic heterocycles. The lowest BCUT2D eigenvalue weighted by atomic mass is 10.0. The number of nitrogens with zero attached hydrogens (tertiary/aromatic N) is 2. The second kappa shape index (κ2) is 10.6. The molecule has 2 aromatic rings. The molecule has 0 radical (unpaired) electrons. The van der Waals surface area contributed by atoms with Crippen LogP contribution in [0, 0.1) is 11.8 Å². The van der Waals surface area contributed by atoms with Crippen molar-refractivity contribution in [1.82, 2.24) is 9.80 Å². The smallest absolute Gasteiger partial charge is 0.108 e. The fourth-order valence-electron chi connectivity index (χ4n) is 4.58. The third-order valence-corrected chi connectivity index (χ3v) is 6.06. The maximum Gasteiger partial charge on any atom is 0.108 e. The van der Waals surface area contributed by atoms with Crippen molar-refractivity contribution < 1.29 is 4.74 Å². The zero-order valence-corrected chi connectivity index (χ0v) is 17.3. The van der Waals surface area contributed by atoms with Crippen LogP contribution in [0.2, 0.25) is 0 Å². The summed E-state index contributed by atoms with van der Waals surface area (Å²) >= 11 is 0. The number of ether oxygens (including phenoxy) is 1. The first-order valence-electron chi connectivity index (χ1n) is 11.0. The highest BCUT2D eigenvalue weighted by Gasteiger charge is 2.32. The van der Waals surface area contributed by atoms with Gasteiger partial charge in [-0.15, -0.1) is 0 Å². The van der Waals surface area contributed by atoms with Crippen molar-refractivity contribution in [3.05, 3.63) is 71.8 Å². The molecule has 2 saturated heterocycles. The summed E-state index contributed by atoms with van der Waals surface area (Å²) in [6.07, 6.45) is 5.26. The summed E-state index contributed by atoms with van der Waals surface area (Å²) in [6.45, 7) is 5.95. The van der Waals surface area contributed by atoms with Crippen molar-refractivity contribution in [2.75, 3.05) is 32.8 Å². The van der Waals surface area contributed by atoms with Gasteiger partial charge in [0, 0.05) is 19.1 Å². The Labute approximate surface area is 175 Å². The fraction of sp³-hybridized carbons (Fsp3) is 0.462. The first-order chi connectivity index (χ1) is 14.4. The quantitative estimate of drug-likeness (QED) is 0.513. The van der Waals surface area contributed by atoms with Gasteiger partial charge in [0.2, 0.25) is 0 Å². The van der Waals surface area contributed by atoms with Crippen LogP contribution in [0.15, 0.2) is 60.7 Å². The molecule has 3 nitrogen and oxygen atoms in total. The molecule has 0 saturated carbocycles. The SMILES string of the molecule is C(#C[C@H](c1ccccc1)N1CCC[C@H]1CN1CCCC1)COCc1ccccc1. The Morgan fingerprint density at radius 3 is 2.38 bits per heavy atom. The Hall–Kier alpha value is -2.12. The summed E-state index contributed by atoms with van der Waals surface area (Å²) in [5, 5.41) is 0. The first kappa shape index (κ1) is 20.2. The molecular weight excluding hydrogens is 356 g/mol. The Kier molecular flexibility index (Phi) is 7.37. The van der Waals surface area contributed by atoms with Crippen molar-refractivity contribution in [3.8, 4) is 11.8 Å². The Morgan fingerprint density at radius 1 is 0.897 bits per heavy atom. The number of benzene rings is 2. The van der Waals surface area contributed by atoms with E-state index in [2.05, 4.69) is 64.1 Å². The summed E-state index contributed by atoms with van der Waals surface area (Å²) in [7, 11) is 0. The Bertz CT molecular complexity index is 790. The molecule has 0 bridgehead atoms. The van der Waals surface area contributed by atoms with Crippen LogP contribution in [0.3, 0.4) is 0 Å². The van der Waals surface area contributed by atoms with Crippen LogP contribution in [0.1, 0.15) is 42.9 Å². The van der Waals surface area contributed by atoms with E-state index >= 15 is 0 Å². The molecule has 0 spiro atoms. The van der Waals surface area contributed by atoms with Crippen LogP contribution >= 0.6 is 0 Å². The van der Waals surface area contributed by atoms with Gasteiger partial charge in [0.15, 0.2) is 0 Å². The lowest BCUT2D eigenvalue weighted by molar-refractivity contribution is 0.152. The average Bonchev–Trinajstić information content (AvgIpc) is 3.45. The molecule has 2 fully saturated rings. The van der Waals surface area contributed by atoms with Gasteiger partial charge in [0.1, 0.15) is 6.61 Å². The second-order valence-electron chi connectivity index (χ2n) is 8.15. The third kappa shape index (κ3) is 5.70. The molecule has 0 N–H and O–H groups in total. The topological polar surface area (TPSA) is 15.7 Å². The first-order valence-corrected chi connectivity index (χ1v) is 11.0. The standard InChI is InChI=1S/C26H32N2O/c1-3-11-23(12-4-1)22-29-20-10-16-26(24-13-5-2-6-14-24)28-19-9-15-25(28)21-27-17-7-8-18-27/h1-6,11-14,25-26H,7-9,15,17-22H2/t25-,26+/m0/s1. The van der Waals surface area contributed by atoms with Gasteiger partial charge in [0.05, 0.1) is 12.6 Å². The molecule has 0 aromatic heterocycles. The number of hydrogen-bond donors (Lipinski definition) is 0. The van der Waals surface area contributed by atoms with Crippen molar-refractivity contribution in [3.63, 3.8) is 0 Å². The van der Waals surface area contributed by atoms with Crippen molar-refractivity contribution >= 4 is 0 Å². The third-order valence-electron chi connectivity index (χ3n) is 6.06. The summed E-state index contributed by atoms with van der Waals surface area (Å²) in [4.78, 5) is 5.28. The van der Waals surface area contributed by atoms with Gasteiger partial charge in [-0.05, 0) is 49.9 Å². The van der Waals surface area contributed by atoms with Crippen LogP contribution in [0.25, 0.3) is 0 Å². The largest absolute Gasteiger partial charge is 0.364 e. The van der Waals surface area contributed by atoms with Gasteiger partial charge in [-0.2, -0.15) is 0 Å².